The van der Waals surface area contributed by atoms with Crippen LogP contribution in [0.3, 0.4) is 0 Å². The smallest absolute Gasteiger partial charge is 0.165 e. The molecule has 2 aliphatic rings. The molecule has 90 valence electrons. The number of nitrogens with zero attached hydrogens (tertiary/aromatic N) is 1. The summed E-state index contributed by atoms with van der Waals surface area (Å²) in [6.45, 7) is 3.70. The Balaban J connectivity index is 1.91. The first-order valence-corrected chi connectivity index (χ1v) is 5.85. The zero-order valence-corrected chi connectivity index (χ0v) is 9.92. The van der Waals surface area contributed by atoms with Crippen molar-refractivity contribution in [1.82, 2.24) is 4.98 Å². The summed E-state index contributed by atoms with van der Waals surface area (Å²) < 4.78 is 11.5. The van der Waals surface area contributed by atoms with Gasteiger partial charge in [0.1, 0.15) is 12.2 Å². The van der Waals surface area contributed by atoms with Gasteiger partial charge in [-0.15, -0.1) is 0 Å². The molecule has 1 saturated carbocycles. The minimum atomic E-state index is -0.656. The first-order valence-electron chi connectivity index (χ1n) is 5.85. The number of hydrogen-bond acceptors (Lipinski definition) is 4. The molecular formula is C13H15NO3. The normalized spacial score (nSPS) is 34.9. The van der Waals surface area contributed by atoms with E-state index in [1.807, 2.05) is 26.0 Å². The highest BCUT2D eigenvalue weighted by molar-refractivity contribution is 5.88. The standard InChI is InChI=1S/C13H15NO3/c1-13(2)16-11-9(7-10(15)12(11)17-13)8-3-5-14-6-4-8/h3-6,9,11-12H,7H2,1-2H3/t9-,11-,12+/m1/s1. The number of hydrogen-bond donors (Lipinski definition) is 0. The van der Waals surface area contributed by atoms with E-state index in [2.05, 4.69) is 4.98 Å². The van der Waals surface area contributed by atoms with Gasteiger partial charge >= 0.3 is 0 Å². The second-order valence-electron chi connectivity index (χ2n) is 5.08. The third-order valence-corrected chi connectivity index (χ3v) is 3.40. The summed E-state index contributed by atoms with van der Waals surface area (Å²) in [5.41, 5.74) is 1.10. The Hall–Kier alpha value is -1.26. The minimum absolute atomic E-state index is 0.0947. The topological polar surface area (TPSA) is 48.4 Å². The molecule has 17 heavy (non-hydrogen) atoms. The van der Waals surface area contributed by atoms with Crippen LogP contribution in [0.2, 0.25) is 0 Å². The summed E-state index contributed by atoms with van der Waals surface area (Å²) in [6, 6.07) is 3.88. The summed E-state index contributed by atoms with van der Waals surface area (Å²) in [5, 5.41) is 0. The molecule has 0 aromatic carbocycles. The molecule has 0 amide bonds. The molecule has 0 radical (unpaired) electrons. The largest absolute Gasteiger partial charge is 0.343 e. The monoisotopic (exact) mass is 233 g/mol. The van der Waals surface area contributed by atoms with Crippen LogP contribution in [0.25, 0.3) is 0 Å². The van der Waals surface area contributed by atoms with Crippen LogP contribution in [-0.4, -0.2) is 28.8 Å². The molecule has 2 heterocycles. The summed E-state index contributed by atoms with van der Waals surface area (Å²) in [5.74, 6) is -0.420. The molecule has 2 fully saturated rings. The van der Waals surface area contributed by atoms with E-state index in [-0.39, 0.29) is 17.8 Å². The van der Waals surface area contributed by atoms with Gasteiger partial charge in [-0.2, -0.15) is 0 Å². The van der Waals surface area contributed by atoms with Crippen molar-refractivity contribution in [3.05, 3.63) is 30.1 Å². The van der Waals surface area contributed by atoms with Crippen LogP contribution in [-0.2, 0) is 14.3 Å². The highest BCUT2D eigenvalue weighted by atomic mass is 16.8. The Morgan fingerprint density at radius 3 is 2.71 bits per heavy atom. The highest BCUT2D eigenvalue weighted by Crippen LogP contribution is 2.44. The number of fused-ring (bicyclic) bond motifs is 1. The zero-order valence-electron chi connectivity index (χ0n) is 9.92. The van der Waals surface area contributed by atoms with Crippen molar-refractivity contribution in [3.8, 4) is 0 Å². The van der Waals surface area contributed by atoms with E-state index in [9.17, 15) is 4.79 Å². The number of aromatic nitrogens is 1. The Labute approximate surface area is 99.9 Å². The third-order valence-electron chi connectivity index (χ3n) is 3.40. The van der Waals surface area contributed by atoms with Crippen molar-refractivity contribution >= 4 is 5.78 Å². The lowest BCUT2D eigenvalue weighted by Gasteiger charge is -2.21. The number of carbonyl (C=O) groups excluding carboxylic acids is 1. The molecule has 0 bridgehead atoms. The van der Waals surface area contributed by atoms with Crippen LogP contribution >= 0.6 is 0 Å². The zero-order chi connectivity index (χ0) is 12.0. The Morgan fingerprint density at radius 2 is 2.00 bits per heavy atom. The van der Waals surface area contributed by atoms with E-state index in [1.165, 1.54) is 0 Å². The number of rotatable bonds is 1. The van der Waals surface area contributed by atoms with Crippen LogP contribution < -0.4 is 0 Å². The van der Waals surface area contributed by atoms with Gasteiger partial charge < -0.3 is 9.47 Å². The summed E-state index contributed by atoms with van der Waals surface area (Å²) >= 11 is 0. The second kappa shape index (κ2) is 3.62. The highest BCUT2D eigenvalue weighted by Gasteiger charge is 2.53. The van der Waals surface area contributed by atoms with E-state index < -0.39 is 11.9 Å². The van der Waals surface area contributed by atoms with Crippen molar-refractivity contribution in [2.24, 2.45) is 0 Å². The van der Waals surface area contributed by atoms with E-state index in [0.29, 0.717) is 6.42 Å². The Bertz CT molecular complexity index is 443. The first-order chi connectivity index (χ1) is 8.07. The van der Waals surface area contributed by atoms with Crippen LogP contribution in [0.4, 0.5) is 0 Å². The second-order valence-corrected chi connectivity index (χ2v) is 5.08. The van der Waals surface area contributed by atoms with Crippen LogP contribution in [0.1, 0.15) is 31.7 Å². The fourth-order valence-electron chi connectivity index (χ4n) is 2.70. The van der Waals surface area contributed by atoms with E-state index >= 15 is 0 Å². The first kappa shape index (κ1) is 10.9. The van der Waals surface area contributed by atoms with Crippen molar-refractivity contribution in [1.29, 1.82) is 0 Å². The van der Waals surface area contributed by atoms with E-state index in [4.69, 9.17) is 9.47 Å². The molecule has 0 spiro atoms. The van der Waals surface area contributed by atoms with Crippen molar-refractivity contribution in [2.75, 3.05) is 0 Å². The molecule has 1 aromatic heterocycles. The van der Waals surface area contributed by atoms with Gasteiger partial charge in [-0.3, -0.25) is 9.78 Å². The Morgan fingerprint density at radius 1 is 1.29 bits per heavy atom. The molecule has 4 nitrogen and oxygen atoms in total. The number of ether oxygens (including phenoxy) is 2. The van der Waals surface area contributed by atoms with Gasteiger partial charge in [-0.05, 0) is 31.5 Å². The van der Waals surface area contributed by atoms with Gasteiger partial charge in [0.15, 0.2) is 11.6 Å². The van der Waals surface area contributed by atoms with Gasteiger partial charge in [0.2, 0.25) is 0 Å². The molecule has 1 aliphatic carbocycles. The Kier molecular flexibility index (Phi) is 2.31. The van der Waals surface area contributed by atoms with Crippen LogP contribution in [0, 0.1) is 0 Å². The van der Waals surface area contributed by atoms with E-state index in [0.717, 1.165) is 5.56 Å². The van der Waals surface area contributed by atoms with E-state index in [1.54, 1.807) is 12.4 Å². The predicted octanol–water partition coefficient (Wildman–Crippen LogP) is 1.66. The lowest BCUT2D eigenvalue weighted by Crippen LogP contribution is -2.25. The van der Waals surface area contributed by atoms with Gasteiger partial charge in [0.25, 0.3) is 0 Å². The van der Waals surface area contributed by atoms with Gasteiger partial charge in [-0.25, -0.2) is 0 Å². The van der Waals surface area contributed by atoms with Gasteiger partial charge in [-0.1, -0.05) is 0 Å². The molecule has 0 unspecified atom stereocenters. The number of pyridine rings is 1. The summed E-state index contributed by atoms with van der Waals surface area (Å²) in [7, 11) is 0. The molecular weight excluding hydrogens is 218 g/mol. The molecule has 3 rings (SSSR count). The van der Waals surface area contributed by atoms with Gasteiger partial charge in [0.05, 0.1) is 0 Å². The molecule has 0 N–H and O–H groups in total. The molecule has 3 atom stereocenters. The molecule has 1 aromatic rings. The number of ketones is 1. The van der Waals surface area contributed by atoms with Crippen molar-refractivity contribution in [3.63, 3.8) is 0 Å². The van der Waals surface area contributed by atoms with Gasteiger partial charge in [0, 0.05) is 24.7 Å². The fourth-order valence-corrected chi connectivity index (χ4v) is 2.70. The summed E-state index contributed by atoms with van der Waals surface area (Å²) in [6.07, 6.45) is 3.43. The summed E-state index contributed by atoms with van der Waals surface area (Å²) in [4.78, 5) is 15.9. The number of carbonyl (C=O) groups is 1. The SMILES string of the molecule is CC1(C)O[C@@H]2[C@@H](c3ccncc3)CC(=O)[C@@H]2O1. The maximum Gasteiger partial charge on any atom is 0.165 e. The molecule has 1 aliphatic heterocycles. The van der Waals surface area contributed by atoms with Crippen LogP contribution in [0.15, 0.2) is 24.5 Å². The quantitative estimate of drug-likeness (QED) is 0.740. The maximum atomic E-state index is 11.9. The minimum Gasteiger partial charge on any atom is -0.343 e. The maximum absolute atomic E-state index is 11.9. The average molecular weight is 233 g/mol. The molecule has 4 heteroatoms. The van der Waals surface area contributed by atoms with Crippen LogP contribution in [0.5, 0.6) is 0 Å². The number of Topliss-reactive ketones (excluding diaryl/α,β-unsaturated/α-hetero) is 1. The molecule has 1 saturated heterocycles. The lowest BCUT2D eigenvalue weighted by atomic mass is 9.96. The third kappa shape index (κ3) is 1.77. The van der Waals surface area contributed by atoms with Crippen molar-refractivity contribution < 1.29 is 14.3 Å². The van der Waals surface area contributed by atoms with Crippen molar-refractivity contribution in [2.45, 2.75) is 44.2 Å². The average Bonchev–Trinajstić information content (AvgIpc) is 2.76. The predicted molar refractivity (Wildman–Crippen MR) is 60.4 cm³/mol. The lowest BCUT2D eigenvalue weighted by molar-refractivity contribution is -0.160. The fraction of sp³-hybridized carbons (Fsp3) is 0.538.